The van der Waals surface area contributed by atoms with E-state index in [1.165, 1.54) is 6.07 Å². The number of piperazine rings is 1. The number of rotatable bonds is 6. The topological polar surface area (TPSA) is 84.3 Å². The van der Waals surface area contributed by atoms with Gasteiger partial charge in [-0.15, -0.1) is 0 Å². The Morgan fingerprint density at radius 3 is 2.67 bits per heavy atom. The fourth-order valence-electron chi connectivity index (χ4n) is 8.25. The molecule has 9 rings (SSSR count). The Morgan fingerprint density at radius 2 is 1.86 bits per heavy atom. The van der Waals surface area contributed by atoms with Crippen LogP contribution in [0.15, 0.2) is 60.9 Å². The third-order valence-electron chi connectivity index (χ3n) is 10.1. The summed E-state index contributed by atoms with van der Waals surface area (Å²) in [7, 11) is 0. The number of anilines is 1. The highest BCUT2D eigenvalue weighted by Gasteiger charge is 2.93. The molecule has 0 amide bonds. The van der Waals surface area contributed by atoms with Crippen LogP contribution >= 0.6 is 11.6 Å². The van der Waals surface area contributed by atoms with E-state index >= 15 is 4.39 Å². The van der Waals surface area contributed by atoms with Gasteiger partial charge >= 0.3 is 6.01 Å². The molecular weight excluding hydrogens is 574 g/mol. The quantitative estimate of drug-likeness (QED) is 0.224. The van der Waals surface area contributed by atoms with Gasteiger partial charge in [0.1, 0.15) is 34.9 Å². The van der Waals surface area contributed by atoms with Crippen molar-refractivity contribution in [2.45, 2.75) is 43.1 Å². The number of fused-ring (bicyclic) bond motifs is 3. The first-order valence-corrected chi connectivity index (χ1v) is 14.9. The van der Waals surface area contributed by atoms with E-state index in [-0.39, 0.29) is 36.0 Å². The van der Waals surface area contributed by atoms with Crippen LogP contribution in [0.4, 0.5) is 14.6 Å². The largest absolute Gasteiger partial charge is 0.463 e. The molecule has 1 N–H and O–H groups in total. The SMILES string of the molecule is O[C@H]1C2CN(c3nc(OCCc4ccc(F)cn4)nc4c(F)c(-c5cccc6cccc(Cl)c56)ncc34)CC3CC4C1[N+]342. The van der Waals surface area contributed by atoms with Gasteiger partial charge in [-0.05, 0) is 23.6 Å². The zero-order valence-electron chi connectivity index (χ0n) is 22.9. The lowest BCUT2D eigenvalue weighted by Crippen LogP contribution is -2.76. The van der Waals surface area contributed by atoms with Gasteiger partial charge in [-0.25, -0.2) is 8.78 Å². The van der Waals surface area contributed by atoms with E-state index in [1.807, 2.05) is 24.3 Å². The second-order valence-electron chi connectivity index (χ2n) is 12.0. The van der Waals surface area contributed by atoms with Crippen molar-refractivity contribution >= 4 is 39.1 Å². The molecule has 4 aliphatic heterocycles. The Kier molecular flexibility index (Phi) is 5.34. The molecule has 216 valence electrons. The summed E-state index contributed by atoms with van der Waals surface area (Å²) in [4.78, 5) is 20.1. The molecule has 5 aromatic rings. The molecule has 5 unspecified atom stereocenters. The van der Waals surface area contributed by atoms with Crippen LogP contribution in [-0.4, -0.2) is 79.5 Å². The minimum atomic E-state index is -0.586. The maximum absolute atomic E-state index is 16.6. The molecule has 0 aliphatic carbocycles. The second-order valence-corrected chi connectivity index (χ2v) is 12.4. The third kappa shape index (κ3) is 3.48. The minimum Gasteiger partial charge on any atom is -0.463 e. The lowest BCUT2D eigenvalue weighted by Gasteiger charge is -2.55. The van der Waals surface area contributed by atoms with Gasteiger partial charge in [0.2, 0.25) is 0 Å². The molecule has 11 heteroatoms. The maximum Gasteiger partial charge on any atom is 0.319 e. The van der Waals surface area contributed by atoms with E-state index in [4.69, 9.17) is 21.3 Å². The average molecular weight is 600 g/mol. The van der Waals surface area contributed by atoms with Crippen LogP contribution in [0.5, 0.6) is 6.01 Å². The summed E-state index contributed by atoms with van der Waals surface area (Å²) in [6, 6.07) is 15.7. The summed E-state index contributed by atoms with van der Waals surface area (Å²) in [5, 5.41) is 13.4. The van der Waals surface area contributed by atoms with Crippen LogP contribution in [0, 0.1) is 11.6 Å². The molecule has 4 fully saturated rings. The van der Waals surface area contributed by atoms with E-state index in [2.05, 4.69) is 19.9 Å². The lowest BCUT2D eigenvalue weighted by atomic mass is 9.91. The smallest absolute Gasteiger partial charge is 0.319 e. The van der Waals surface area contributed by atoms with Crippen molar-refractivity contribution in [1.29, 1.82) is 0 Å². The van der Waals surface area contributed by atoms with Crippen molar-refractivity contribution in [3.63, 3.8) is 0 Å². The molecule has 0 radical (unpaired) electrons. The normalized spacial score (nSPS) is 28.2. The number of pyridine rings is 2. The summed E-state index contributed by atoms with van der Waals surface area (Å²) in [6.07, 6.45) is 3.96. The van der Waals surface area contributed by atoms with E-state index < -0.39 is 11.6 Å². The molecule has 8 nitrogen and oxygen atoms in total. The molecule has 4 aliphatic rings. The van der Waals surface area contributed by atoms with Crippen LogP contribution in [0.2, 0.25) is 5.02 Å². The molecular formula is C32H26ClF2N6O2+. The second kappa shape index (κ2) is 9.01. The fraction of sp³-hybridized carbons (Fsp3) is 0.312. The number of aliphatic hydroxyl groups is 1. The number of quaternary nitrogens is 1. The first kappa shape index (κ1) is 25.5. The van der Waals surface area contributed by atoms with Gasteiger partial charge in [0.05, 0.1) is 37.7 Å². The third-order valence-corrected chi connectivity index (χ3v) is 10.4. The van der Waals surface area contributed by atoms with Gasteiger partial charge in [-0.2, -0.15) is 9.97 Å². The van der Waals surface area contributed by atoms with E-state index in [9.17, 15) is 9.50 Å². The first-order chi connectivity index (χ1) is 20.9. The van der Waals surface area contributed by atoms with Gasteiger partial charge in [0, 0.05) is 34.3 Å². The van der Waals surface area contributed by atoms with Crippen LogP contribution in [0.1, 0.15) is 12.1 Å². The van der Waals surface area contributed by atoms with Crippen LogP contribution in [0.25, 0.3) is 32.9 Å². The van der Waals surface area contributed by atoms with Crippen molar-refractivity contribution in [3.8, 4) is 17.3 Å². The molecule has 3 aromatic heterocycles. The molecule has 0 saturated carbocycles. The average Bonchev–Trinajstić information content (AvgIpc) is 3.43. The van der Waals surface area contributed by atoms with Crippen molar-refractivity contribution in [2.24, 2.45) is 0 Å². The highest BCUT2D eigenvalue weighted by atomic mass is 35.5. The predicted molar refractivity (Wildman–Crippen MR) is 157 cm³/mol. The number of halogens is 3. The lowest BCUT2D eigenvalue weighted by molar-refractivity contribution is -0.949. The van der Waals surface area contributed by atoms with Gasteiger partial charge in [-0.1, -0.05) is 41.9 Å². The van der Waals surface area contributed by atoms with Crippen molar-refractivity contribution in [2.75, 3.05) is 24.6 Å². The molecule has 7 heterocycles. The Labute approximate surface area is 250 Å². The first-order valence-electron chi connectivity index (χ1n) is 14.5. The summed E-state index contributed by atoms with van der Waals surface area (Å²) < 4.78 is 36.9. The van der Waals surface area contributed by atoms with Gasteiger partial charge in [0.15, 0.2) is 24.0 Å². The maximum atomic E-state index is 16.6. The van der Waals surface area contributed by atoms with Crippen LogP contribution in [-0.2, 0) is 6.42 Å². The van der Waals surface area contributed by atoms with Crippen molar-refractivity contribution in [1.82, 2.24) is 19.9 Å². The zero-order valence-corrected chi connectivity index (χ0v) is 23.6. The Hall–Kier alpha value is -3.99. The van der Waals surface area contributed by atoms with Crippen molar-refractivity contribution in [3.05, 3.63) is 83.3 Å². The number of ether oxygens (including phenoxy) is 1. The molecule has 0 bridgehead atoms. The molecule has 1 spiro atoms. The number of hydrogen-bond acceptors (Lipinski definition) is 7. The number of aromatic nitrogens is 4. The molecule has 2 aromatic carbocycles. The summed E-state index contributed by atoms with van der Waals surface area (Å²) in [6.45, 7) is 1.57. The van der Waals surface area contributed by atoms with Gasteiger partial charge in [-0.3, -0.25) is 14.5 Å². The molecule has 43 heavy (non-hydrogen) atoms. The standard InChI is InChI=1S/C32H26ClF2N6O2/c33-22-6-2-4-16-3-1-5-20(25(16)22)27-26(35)28-21(13-37-27)31(39-32(38-28)43-10-9-18-8-7-17(34)12-36-18)40-14-19-11-23-29-30(42)24(15-40)41(19,23)29/h1-8,12-13,19,23-24,29-30,42H,9-11,14-15H2/q+1/t19?,23?,24?,29?,30-,41?/m0/s1. The van der Waals surface area contributed by atoms with E-state index in [0.717, 1.165) is 29.0 Å². The predicted octanol–water partition coefficient (Wildman–Crippen LogP) is 4.70. The van der Waals surface area contributed by atoms with E-state index in [0.29, 0.717) is 64.0 Å². The number of nitrogens with zero attached hydrogens (tertiary/aromatic N) is 6. The molecule has 4 saturated heterocycles. The summed E-state index contributed by atoms with van der Waals surface area (Å²) >= 11 is 6.58. The van der Waals surface area contributed by atoms with Gasteiger partial charge < -0.3 is 14.7 Å². The number of aliphatic hydroxyl groups excluding tert-OH is 1. The van der Waals surface area contributed by atoms with Crippen LogP contribution in [0.3, 0.4) is 0 Å². The van der Waals surface area contributed by atoms with Crippen molar-refractivity contribution < 1.29 is 23.1 Å². The Morgan fingerprint density at radius 1 is 1.00 bits per heavy atom. The van der Waals surface area contributed by atoms with Gasteiger partial charge in [0.25, 0.3) is 0 Å². The number of benzene rings is 2. The Balaban J connectivity index is 1.13. The number of hydrogen-bond donors (Lipinski definition) is 1. The summed E-state index contributed by atoms with van der Waals surface area (Å²) in [5.74, 6) is -0.446. The fourth-order valence-corrected chi connectivity index (χ4v) is 8.54. The summed E-state index contributed by atoms with van der Waals surface area (Å²) in [5.41, 5.74) is 1.48. The Bertz CT molecular complexity index is 1960. The highest BCUT2D eigenvalue weighted by molar-refractivity contribution is 6.36. The van der Waals surface area contributed by atoms with E-state index in [1.54, 1.807) is 24.4 Å². The molecule has 6 atom stereocenters. The minimum absolute atomic E-state index is 0.0383. The highest BCUT2D eigenvalue weighted by Crippen LogP contribution is 2.69. The monoisotopic (exact) mass is 599 g/mol. The van der Waals surface area contributed by atoms with Crippen LogP contribution < -0.4 is 9.64 Å². The zero-order chi connectivity index (χ0) is 29.0.